The molecule has 1 N–H and O–H groups in total. The van der Waals surface area contributed by atoms with Gasteiger partial charge in [0.05, 0.1) is 0 Å². The predicted molar refractivity (Wildman–Crippen MR) is 61.5 cm³/mol. The van der Waals surface area contributed by atoms with Crippen LogP contribution in [0.1, 0.15) is 59.3 Å². The molecule has 0 rings (SSSR count). The Labute approximate surface area is 114 Å². The van der Waals surface area contributed by atoms with Gasteiger partial charge in [-0.3, -0.25) is 0 Å². The van der Waals surface area contributed by atoms with Gasteiger partial charge in [-0.25, -0.2) is 0 Å². The van der Waals surface area contributed by atoms with Crippen molar-refractivity contribution in [3.05, 3.63) is 0 Å². The van der Waals surface area contributed by atoms with Crippen LogP contribution >= 0.6 is 0 Å². The summed E-state index contributed by atoms with van der Waals surface area (Å²) in [5, 5.41) is 27.1. The number of aliphatic hydroxyl groups excluding tert-OH is 1. The van der Waals surface area contributed by atoms with E-state index in [1.54, 1.807) is 0 Å². The first-order valence-corrected chi connectivity index (χ1v) is 6.01. The molecule has 96 valence electrons. The van der Waals surface area contributed by atoms with E-state index in [0.717, 1.165) is 38.5 Å². The molecule has 16 heavy (non-hydrogen) atoms. The molecule has 0 amide bonds. The summed E-state index contributed by atoms with van der Waals surface area (Å²) < 4.78 is 0. The minimum Gasteiger partial charge on any atom is -0.854 e. The Morgan fingerprint density at radius 1 is 0.750 bits per heavy atom. The second-order valence-electron chi connectivity index (χ2n) is 3.19. The van der Waals surface area contributed by atoms with Crippen LogP contribution in [0.3, 0.4) is 0 Å². The van der Waals surface area contributed by atoms with Gasteiger partial charge in [-0.05, 0) is 6.42 Å². The second kappa shape index (κ2) is 36.1. The van der Waals surface area contributed by atoms with Crippen molar-refractivity contribution in [2.24, 2.45) is 0 Å². The molecule has 0 bridgehead atoms. The number of unbranched alkanes of at least 4 members (excludes halogenated alkanes) is 3. The quantitative estimate of drug-likeness (QED) is 0.743. The molecule has 0 saturated carbocycles. The zero-order valence-corrected chi connectivity index (χ0v) is 14.3. The van der Waals surface area contributed by atoms with Crippen LogP contribution in [0, 0.1) is 0 Å². The minimum atomic E-state index is 0. The Hall–Kier alpha value is 0.503. The Bertz CT molecular complexity index is 53.0. The van der Waals surface area contributed by atoms with E-state index in [0.29, 0.717) is 6.61 Å². The Balaban J connectivity index is -0.0000000655. The number of aliphatic hydroxyl groups is 1. The van der Waals surface area contributed by atoms with Gasteiger partial charge in [-0.15, -0.1) is 13.2 Å². The topological polar surface area (TPSA) is 66.3 Å². The maximum absolute atomic E-state index is 9.53. The third-order valence-corrected chi connectivity index (χ3v) is 1.51. The van der Waals surface area contributed by atoms with Gasteiger partial charge in [-0.1, -0.05) is 52.9 Å². The van der Waals surface area contributed by atoms with Gasteiger partial charge < -0.3 is 15.3 Å². The molecule has 0 aromatic heterocycles. The van der Waals surface area contributed by atoms with Crippen molar-refractivity contribution >= 4 is 0 Å². The Morgan fingerprint density at radius 2 is 1.06 bits per heavy atom. The zero-order valence-electron chi connectivity index (χ0n) is 11.3. The molecule has 0 spiro atoms. The molecule has 0 fully saturated rings. The summed E-state index contributed by atoms with van der Waals surface area (Å²) in [6, 6.07) is 0. The molecule has 0 aliphatic rings. The molecule has 0 aromatic rings. The predicted octanol–water partition coefficient (Wildman–Crippen LogP) is 1.07. The maximum atomic E-state index is 9.53. The standard InChI is InChI=1S/C4H10O.2C4H9O.Zn/c3*1-2-3-4-5;/h5H,2-4H2,1H3;2*2-4H2,1H3;/q;2*-1;+2. The van der Waals surface area contributed by atoms with Crippen molar-refractivity contribution in [1.29, 1.82) is 0 Å². The van der Waals surface area contributed by atoms with Crippen molar-refractivity contribution in [3.63, 3.8) is 0 Å². The van der Waals surface area contributed by atoms with E-state index in [9.17, 15) is 10.2 Å². The van der Waals surface area contributed by atoms with E-state index in [-0.39, 0.29) is 32.7 Å². The molecular formula is C12H28O3Zn. The average molecular weight is 286 g/mol. The summed E-state index contributed by atoms with van der Waals surface area (Å²) in [6.45, 7) is 6.61. The molecule has 0 heterocycles. The van der Waals surface area contributed by atoms with Crippen LogP contribution in [-0.4, -0.2) is 24.9 Å². The molecule has 0 aliphatic heterocycles. The summed E-state index contributed by atoms with van der Waals surface area (Å²) in [5.41, 5.74) is 0. The first kappa shape index (κ1) is 25.4. The Morgan fingerprint density at radius 3 is 1.06 bits per heavy atom. The van der Waals surface area contributed by atoms with Gasteiger partial charge in [0, 0.05) is 6.61 Å². The minimum absolute atomic E-state index is 0. The molecule has 0 aromatic carbocycles. The molecule has 0 saturated heterocycles. The summed E-state index contributed by atoms with van der Waals surface area (Å²) in [6.07, 6.45) is 5.77. The van der Waals surface area contributed by atoms with Crippen LogP contribution in [0.15, 0.2) is 0 Å². The SMILES string of the molecule is CCCCO.CCCC[O-].CCCC[O-].[Zn+2]. The van der Waals surface area contributed by atoms with Crippen molar-refractivity contribution in [2.75, 3.05) is 19.8 Å². The van der Waals surface area contributed by atoms with Gasteiger partial charge in [0.15, 0.2) is 0 Å². The smallest absolute Gasteiger partial charge is 0.854 e. The normalized spacial score (nSPS) is 7.88. The van der Waals surface area contributed by atoms with E-state index >= 15 is 0 Å². The second-order valence-corrected chi connectivity index (χ2v) is 3.19. The monoisotopic (exact) mass is 284 g/mol. The fourth-order valence-corrected chi connectivity index (χ4v) is 0.447. The van der Waals surface area contributed by atoms with Gasteiger partial charge in [-0.2, -0.15) is 0 Å². The van der Waals surface area contributed by atoms with Crippen molar-refractivity contribution < 1.29 is 34.8 Å². The molecule has 0 aliphatic carbocycles. The average Bonchev–Trinajstić information content (AvgIpc) is 2.23. The van der Waals surface area contributed by atoms with Crippen LogP contribution < -0.4 is 10.2 Å². The summed E-state index contributed by atoms with van der Waals surface area (Å²) in [7, 11) is 0. The zero-order chi connectivity index (χ0) is 12.4. The fourth-order valence-electron chi connectivity index (χ4n) is 0.447. The van der Waals surface area contributed by atoms with Crippen LogP contribution in [0.25, 0.3) is 0 Å². The van der Waals surface area contributed by atoms with Crippen LogP contribution in [0.4, 0.5) is 0 Å². The molecule has 0 radical (unpaired) electrons. The van der Waals surface area contributed by atoms with Gasteiger partial charge in [0.25, 0.3) is 0 Å². The fraction of sp³-hybridized carbons (Fsp3) is 1.00. The van der Waals surface area contributed by atoms with E-state index in [1.165, 1.54) is 0 Å². The number of hydrogen-bond acceptors (Lipinski definition) is 3. The summed E-state index contributed by atoms with van der Waals surface area (Å²) in [5.74, 6) is 0. The van der Waals surface area contributed by atoms with Crippen molar-refractivity contribution in [2.45, 2.75) is 59.3 Å². The van der Waals surface area contributed by atoms with Crippen LogP contribution in [0.2, 0.25) is 0 Å². The van der Waals surface area contributed by atoms with Crippen molar-refractivity contribution in [1.82, 2.24) is 0 Å². The third-order valence-electron chi connectivity index (χ3n) is 1.51. The van der Waals surface area contributed by atoms with Gasteiger partial charge in [0.2, 0.25) is 0 Å². The number of rotatable bonds is 6. The van der Waals surface area contributed by atoms with E-state index in [2.05, 4.69) is 6.92 Å². The van der Waals surface area contributed by atoms with E-state index < -0.39 is 0 Å². The summed E-state index contributed by atoms with van der Waals surface area (Å²) in [4.78, 5) is 0. The first-order valence-electron chi connectivity index (χ1n) is 6.01. The maximum Gasteiger partial charge on any atom is 2.00 e. The molecule has 3 nitrogen and oxygen atoms in total. The van der Waals surface area contributed by atoms with Crippen LogP contribution in [0.5, 0.6) is 0 Å². The van der Waals surface area contributed by atoms with Crippen molar-refractivity contribution in [3.8, 4) is 0 Å². The third kappa shape index (κ3) is 62.5. The van der Waals surface area contributed by atoms with Gasteiger partial charge >= 0.3 is 19.5 Å². The molecule has 0 unspecified atom stereocenters. The molecular weight excluding hydrogens is 258 g/mol. The first-order chi connectivity index (χ1) is 7.24. The Kier molecular flexibility index (Phi) is 57.3. The van der Waals surface area contributed by atoms with E-state index in [1.807, 2.05) is 13.8 Å². The van der Waals surface area contributed by atoms with Gasteiger partial charge in [0.1, 0.15) is 0 Å². The molecule has 4 heteroatoms. The van der Waals surface area contributed by atoms with Crippen LogP contribution in [-0.2, 0) is 19.5 Å². The van der Waals surface area contributed by atoms with E-state index in [4.69, 9.17) is 5.11 Å². The largest absolute Gasteiger partial charge is 2.00 e. The molecule has 0 atom stereocenters. The summed E-state index contributed by atoms with van der Waals surface area (Å²) >= 11 is 0. The number of hydrogen-bond donors (Lipinski definition) is 1.